The molecule has 0 bridgehead atoms. The molecule has 1 aliphatic rings. The molecule has 0 amide bonds. The zero-order chi connectivity index (χ0) is 18.0. The molecule has 136 valence electrons. The number of rotatable bonds is 4. The van der Waals surface area contributed by atoms with Crippen molar-refractivity contribution in [2.24, 2.45) is 0 Å². The quantitative estimate of drug-likeness (QED) is 0.818. The molecule has 9 heteroatoms. The predicted molar refractivity (Wildman–Crippen MR) is 74.2 cm³/mol. The van der Waals surface area contributed by atoms with Crippen molar-refractivity contribution < 1.29 is 30.7 Å². The zero-order valence-corrected chi connectivity index (χ0v) is 12.6. The molecule has 0 aliphatic carbocycles. The molecule has 1 fully saturated rings. The third-order valence-corrected chi connectivity index (χ3v) is 4.02. The summed E-state index contributed by atoms with van der Waals surface area (Å²) in [5.41, 5.74) is -3.03. The number of nitrogens with zero attached hydrogens (tertiary/aromatic N) is 1. The van der Waals surface area contributed by atoms with Gasteiger partial charge in [-0.3, -0.25) is 9.29 Å². The van der Waals surface area contributed by atoms with E-state index in [1.807, 2.05) is 0 Å². The maximum atomic E-state index is 13.3. The second-order valence-corrected chi connectivity index (χ2v) is 5.58. The molecule has 24 heavy (non-hydrogen) atoms. The minimum absolute atomic E-state index is 0.114. The van der Waals surface area contributed by atoms with Crippen LogP contribution in [0.5, 0.6) is 0 Å². The third kappa shape index (κ3) is 4.38. The van der Waals surface area contributed by atoms with E-state index in [0.29, 0.717) is 32.2 Å². The van der Waals surface area contributed by atoms with E-state index in [1.54, 1.807) is 4.90 Å². The molecule has 1 atom stereocenters. The van der Waals surface area contributed by atoms with Gasteiger partial charge in [0, 0.05) is 32.2 Å². The van der Waals surface area contributed by atoms with Crippen LogP contribution in [0.15, 0.2) is 18.2 Å². The van der Waals surface area contributed by atoms with Gasteiger partial charge < -0.3 is 5.32 Å². The summed E-state index contributed by atoms with van der Waals surface area (Å²) >= 11 is 0. The van der Waals surface area contributed by atoms with Crippen LogP contribution in [-0.2, 0) is 12.4 Å². The molecule has 1 N–H and O–H groups in total. The normalized spacial score (nSPS) is 18.6. The number of nitrogens with one attached hydrogen (secondary N) is 1. The van der Waals surface area contributed by atoms with Crippen molar-refractivity contribution in [3.63, 3.8) is 0 Å². The van der Waals surface area contributed by atoms with Gasteiger partial charge in [0.15, 0.2) is 0 Å². The molecular formula is C15H17F7N2. The van der Waals surface area contributed by atoms with Gasteiger partial charge in [-0.2, -0.15) is 26.3 Å². The maximum Gasteiger partial charge on any atom is 0.416 e. The Kier molecular flexibility index (Phi) is 5.74. The molecule has 1 heterocycles. The van der Waals surface area contributed by atoms with Crippen LogP contribution in [0.25, 0.3) is 0 Å². The highest BCUT2D eigenvalue weighted by molar-refractivity contribution is 5.37. The summed E-state index contributed by atoms with van der Waals surface area (Å²) in [5.74, 6) is 0. The average molecular weight is 358 g/mol. The first kappa shape index (κ1) is 19.0. The number of benzene rings is 1. The van der Waals surface area contributed by atoms with E-state index in [9.17, 15) is 30.7 Å². The van der Waals surface area contributed by atoms with Crippen molar-refractivity contribution in [3.8, 4) is 0 Å². The van der Waals surface area contributed by atoms with E-state index < -0.39 is 36.2 Å². The smallest absolute Gasteiger partial charge is 0.314 e. The molecular weight excluding hydrogens is 341 g/mol. The van der Waals surface area contributed by atoms with Gasteiger partial charge in [0.1, 0.15) is 0 Å². The van der Waals surface area contributed by atoms with Crippen LogP contribution >= 0.6 is 0 Å². The molecule has 0 aromatic heterocycles. The lowest BCUT2D eigenvalue weighted by Crippen LogP contribution is -2.45. The summed E-state index contributed by atoms with van der Waals surface area (Å²) in [4.78, 5) is 1.67. The Balaban J connectivity index is 2.48. The molecule has 0 unspecified atom stereocenters. The Labute approximate surface area is 134 Å². The SMILES string of the molecule is FCC[C@@H](c1ccc(C(F)(F)F)cc1C(F)(F)F)N1CCNCC1. The highest BCUT2D eigenvalue weighted by atomic mass is 19.4. The van der Waals surface area contributed by atoms with Crippen LogP contribution in [-0.4, -0.2) is 37.8 Å². The second-order valence-electron chi connectivity index (χ2n) is 5.58. The summed E-state index contributed by atoms with van der Waals surface area (Å²) in [5, 5.41) is 3.03. The number of halogens is 7. The van der Waals surface area contributed by atoms with Gasteiger partial charge in [-0.05, 0) is 24.1 Å². The van der Waals surface area contributed by atoms with Crippen molar-refractivity contribution >= 4 is 0 Å². The van der Waals surface area contributed by atoms with E-state index >= 15 is 0 Å². The van der Waals surface area contributed by atoms with E-state index in [4.69, 9.17) is 0 Å². The lowest BCUT2D eigenvalue weighted by molar-refractivity contribution is -0.143. The first-order chi connectivity index (χ1) is 11.1. The van der Waals surface area contributed by atoms with Crippen LogP contribution in [0.3, 0.4) is 0 Å². The minimum atomic E-state index is -4.95. The Bertz CT molecular complexity index is 548. The van der Waals surface area contributed by atoms with Crippen LogP contribution in [0.1, 0.15) is 29.2 Å². The van der Waals surface area contributed by atoms with Gasteiger partial charge in [-0.15, -0.1) is 0 Å². The van der Waals surface area contributed by atoms with Crippen molar-refractivity contribution in [3.05, 3.63) is 34.9 Å². The van der Waals surface area contributed by atoms with Gasteiger partial charge >= 0.3 is 12.4 Å². The van der Waals surface area contributed by atoms with Gasteiger partial charge in [0.25, 0.3) is 0 Å². The fraction of sp³-hybridized carbons (Fsp3) is 0.600. The summed E-state index contributed by atoms with van der Waals surface area (Å²) in [6, 6.07) is 0.658. The zero-order valence-electron chi connectivity index (χ0n) is 12.6. The lowest BCUT2D eigenvalue weighted by atomic mass is 9.94. The molecule has 1 aromatic carbocycles. The highest BCUT2D eigenvalue weighted by Crippen LogP contribution is 2.41. The van der Waals surface area contributed by atoms with E-state index in [-0.39, 0.29) is 18.1 Å². The van der Waals surface area contributed by atoms with Gasteiger partial charge in [0.05, 0.1) is 17.8 Å². The van der Waals surface area contributed by atoms with Crippen molar-refractivity contribution in [1.29, 1.82) is 0 Å². The number of hydrogen-bond donors (Lipinski definition) is 1. The Morgan fingerprint density at radius 1 is 1.00 bits per heavy atom. The monoisotopic (exact) mass is 358 g/mol. The van der Waals surface area contributed by atoms with Crippen LogP contribution in [0, 0.1) is 0 Å². The molecule has 2 rings (SSSR count). The predicted octanol–water partition coefficient (Wildman–Crippen LogP) is 4.03. The fourth-order valence-electron chi connectivity index (χ4n) is 2.90. The lowest BCUT2D eigenvalue weighted by Gasteiger charge is -2.36. The number of alkyl halides is 7. The van der Waals surface area contributed by atoms with Gasteiger partial charge in [-0.1, -0.05) is 6.07 Å². The van der Waals surface area contributed by atoms with Gasteiger partial charge in [0.2, 0.25) is 0 Å². The van der Waals surface area contributed by atoms with Crippen LogP contribution in [0.4, 0.5) is 30.7 Å². The molecule has 0 saturated carbocycles. The number of piperazine rings is 1. The molecule has 0 radical (unpaired) electrons. The second kappa shape index (κ2) is 7.26. The molecule has 0 spiro atoms. The van der Waals surface area contributed by atoms with Crippen molar-refractivity contribution in [2.75, 3.05) is 32.9 Å². The fourth-order valence-corrected chi connectivity index (χ4v) is 2.90. The molecule has 2 nitrogen and oxygen atoms in total. The third-order valence-electron chi connectivity index (χ3n) is 4.02. The maximum absolute atomic E-state index is 13.3. The highest BCUT2D eigenvalue weighted by Gasteiger charge is 2.40. The van der Waals surface area contributed by atoms with Crippen LogP contribution in [0.2, 0.25) is 0 Å². The average Bonchev–Trinajstić information content (AvgIpc) is 2.51. The molecule has 1 aliphatic heterocycles. The standard InChI is InChI=1S/C15H17F7N2/c16-4-3-13(24-7-5-23-6-8-24)11-2-1-10(14(17,18)19)9-12(11)15(20,21)22/h1-2,9,13,23H,3-8H2/t13-/m0/s1. The van der Waals surface area contributed by atoms with Crippen LogP contribution < -0.4 is 5.32 Å². The Morgan fingerprint density at radius 2 is 1.62 bits per heavy atom. The first-order valence-corrected chi connectivity index (χ1v) is 7.43. The summed E-state index contributed by atoms with van der Waals surface area (Å²) < 4.78 is 91.0. The van der Waals surface area contributed by atoms with Crippen molar-refractivity contribution in [1.82, 2.24) is 10.2 Å². The van der Waals surface area contributed by atoms with E-state index in [0.717, 1.165) is 6.07 Å². The van der Waals surface area contributed by atoms with Gasteiger partial charge in [-0.25, -0.2) is 0 Å². The Hall–Kier alpha value is -1.35. The first-order valence-electron chi connectivity index (χ1n) is 7.43. The van der Waals surface area contributed by atoms with E-state index in [1.165, 1.54) is 0 Å². The molecule has 1 aromatic rings. The molecule has 1 saturated heterocycles. The Morgan fingerprint density at radius 3 is 2.12 bits per heavy atom. The van der Waals surface area contributed by atoms with E-state index in [2.05, 4.69) is 5.32 Å². The van der Waals surface area contributed by atoms with Crippen molar-refractivity contribution in [2.45, 2.75) is 24.8 Å². The number of hydrogen-bond acceptors (Lipinski definition) is 2. The summed E-state index contributed by atoms with van der Waals surface area (Å²) in [6.07, 6.45) is -10.0. The summed E-state index contributed by atoms with van der Waals surface area (Å²) in [7, 11) is 0. The largest absolute Gasteiger partial charge is 0.416 e. The minimum Gasteiger partial charge on any atom is -0.314 e. The topological polar surface area (TPSA) is 15.3 Å². The summed E-state index contributed by atoms with van der Waals surface area (Å²) in [6.45, 7) is 1.02.